The lowest BCUT2D eigenvalue weighted by molar-refractivity contribution is -0.384. The van der Waals surface area contributed by atoms with E-state index in [1.165, 1.54) is 44.5 Å². The van der Waals surface area contributed by atoms with Crippen LogP contribution in [0.25, 0.3) is 0 Å². The van der Waals surface area contributed by atoms with Crippen LogP contribution >= 0.6 is 11.8 Å². The maximum Gasteiger partial charge on any atom is 0.433 e. The fourth-order valence-electron chi connectivity index (χ4n) is 3.13. The number of hydrogen-bond donors (Lipinski definition) is 1. The molecule has 1 amide bonds. The lowest BCUT2D eigenvalue weighted by atomic mass is 10.1. The number of amides is 1. The summed E-state index contributed by atoms with van der Waals surface area (Å²) < 4.78 is 44.9. The van der Waals surface area contributed by atoms with E-state index < -0.39 is 22.7 Å². The van der Waals surface area contributed by atoms with Crippen molar-refractivity contribution in [2.24, 2.45) is 5.10 Å². The highest BCUT2D eigenvalue weighted by Crippen LogP contribution is 2.35. The van der Waals surface area contributed by atoms with E-state index in [9.17, 15) is 33.3 Å². The second-order valence-corrected chi connectivity index (χ2v) is 8.44. The Morgan fingerprint density at radius 3 is 2.57 bits per heavy atom. The lowest BCUT2D eigenvalue weighted by Gasteiger charge is -2.13. The standard InChI is InChI=1S/C24H18F3N5O4S/c1-14-9-21(24(25,26)27)30-23(19(14)11-28)37-13-17-10-15(3-8-20(17)36-2)12-29-31-22(33)16-4-6-18(7-5-16)32(34)35/h3-10,12H,13H2,1-2H3,(H,31,33)/b29-12+. The van der Waals surface area contributed by atoms with Crippen LogP contribution in [0.15, 0.2) is 58.7 Å². The highest BCUT2D eigenvalue weighted by atomic mass is 32.2. The van der Waals surface area contributed by atoms with E-state index in [4.69, 9.17) is 4.74 Å². The van der Waals surface area contributed by atoms with E-state index in [0.717, 1.165) is 17.8 Å². The highest BCUT2D eigenvalue weighted by molar-refractivity contribution is 7.98. The van der Waals surface area contributed by atoms with Crippen LogP contribution in [0.5, 0.6) is 5.75 Å². The topological polar surface area (TPSA) is 131 Å². The van der Waals surface area contributed by atoms with Crippen LogP contribution < -0.4 is 10.2 Å². The molecule has 0 unspecified atom stereocenters. The Morgan fingerprint density at radius 1 is 1.27 bits per heavy atom. The predicted molar refractivity (Wildman–Crippen MR) is 129 cm³/mol. The zero-order valence-electron chi connectivity index (χ0n) is 19.4. The summed E-state index contributed by atoms with van der Waals surface area (Å²) in [6.45, 7) is 1.42. The number of hydrazone groups is 1. The first-order chi connectivity index (χ1) is 17.5. The van der Waals surface area contributed by atoms with Crippen LogP contribution in [0.3, 0.4) is 0 Å². The number of non-ortho nitro benzene ring substituents is 1. The van der Waals surface area contributed by atoms with Crippen molar-refractivity contribution in [3.63, 3.8) is 0 Å². The van der Waals surface area contributed by atoms with E-state index >= 15 is 0 Å². The molecule has 0 saturated carbocycles. The Morgan fingerprint density at radius 2 is 1.97 bits per heavy atom. The van der Waals surface area contributed by atoms with Gasteiger partial charge in [-0.15, -0.1) is 11.8 Å². The number of rotatable bonds is 8. The Labute approximate surface area is 213 Å². The van der Waals surface area contributed by atoms with Gasteiger partial charge in [0.15, 0.2) is 0 Å². The number of halogens is 3. The molecule has 9 nitrogen and oxygen atoms in total. The van der Waals surface area contributed by atoms with Gasteiger partial charge in [0.25, 0.3) is 11.6 Å². The molecule has 0 bridgehead atoms. The zero-order valence-corrected chi connectivity index (χ0v) is 20.2. The molecule has 0 aliphatic heterocycles. The van der Waals surface area contributed by atoms with Gasteiger partial charge in [0.05, 0.1) is 23.8 Å². The first-order valence-electron chi connectivity index (χ1n) is 10.4. The summed E-state index contributed by atoms with van der Waals surface area (Å²) >= 11 is 0.961. The van der Waals surface area contributed by atoms with Gasteiger partial charge in [0.2, 0.25) is 0 Å². The molecule has 2 aromatic carbocycles. The number of aromatic nitrogens is 1. The number of pyridine rings is 1. The molecule has 0 aliphatic rings. The van der Waals surface area contributed by atoms with Crippen molar-refractivity contribution in [2.75, 3.05) is 7.11 Å². The van der Waals surface area contributed by atoms with Crippen LogP contribution in [-0.4, -0.2) is 29.1 Å². The number of aryl methyl sites for hydroxylation is 1. The summed E-state index contributed by atoms with van der Waals surface area (Å²) in [5, 5.41) is 24.0. The van der Waals surface area contributed by atoms with E-state index in [2.05, 4.69) is 15.5 Å². The number of nitro benzene ring substituents is 1. The summed E-state index contributed by atoms with van der Waals surface area (Å²) in [5.41, 5.74) is 2.63. The second kappa shape index (κ2) is 11.5. The molecule has 37 heavy (non-hydrogen) atoms. The van der Waals surface area contributed by atoms with Crippen LogP contribution in [0.4, 0.5) is 18.9 Å². The van der Waals surface area contributed by atoms with Crippen LogP contribution in [-0.2, 0) is 11.9 Å². The number of methoxy groups -OCH3 is 1. The molecule has 0 radical (unpaired) electrons. The summed E-state index contributed by atoms with van der Waals surface area (Å²) in [6, 6.07) is 12.7. The number of nitrogens with one attached hydrogen (secondary N) is 1. The van der Waals surface area contributed by atoms with Gasteiger partial charge in [0.1, 0.15) is 22.5 Å². The summed E-state index contributed by atoms with van der Waals surface area (Å²) in [4.78, 5) is 26.0. The second-order valence-electron chi connectivity index (χ2n) is 7.48. The van der Waals surface area contributed by atoms with Gasteiger partial charge in [-0.2, -0.15) is 23.5 Å². The number of nitro groups is 1. The van der Waals surface area contributed by atoms with Crippen LogP contribution in [0.2, 0.25) is 0 Å². The van der Waals surface area contributed by atoms with Crippen molar-refractivity contribution in [3.8, 4) is 11.8 Å². The zero-order chi connectivity index (χ0) is 27.2. The third kappa shape index (κ3) is 6.83. The molecular formula is C24H18F3N5O4S. The Kier molecular flexibility index (Phi) is 8.46. The molecule has 3 aromatic rings. The maximum absolute atomic E-state index is 13.2. The smallest absolute Gasteiger partial charge is 0.433 e. The average molecular weight is 530 g/mol. The van der Waals surface area contributed by atoms with Crippen molar-refractivity contribution in [1.82, 2.24) is 10.4 Å². The third-order valence-corrected chi connectivity index (χ3v) is 6.00. The minimum atomic E-state index is -4.65. The molecule has 0 atom stereocenters. The minimum Gasteiger partial charge on any atom is -0.496 e. The largest absolute Gasteiger partial charge is 0.496 e. The SMILES string of the molecule is COc1ccc(/C=N/NC(=O)c2ccc([N+](=O)[O-])cc2)cc1CSc1nc(C(F)(F)F)cc(C)c1C#N. The number of nitrogens with zero attached hydrogens (tertiary/aromatic N) is 4. The Hall–Kier alpha value is -4.44. The monoisotopic (exact) mass is 529 g/mol. The molecule has 3 rings (SSSR count). The summed E-state index contributed by atoms with van der Waals surface area (Å²) in [6.07, 6.45) is -3.30. The van der Waals surface area contributed by atoms with Gasteiger partial charge in [-0.1, -0.05) is 0 Å². The van der Waals surface area contributed by atoms with Crippen LogP contribution in [0.1, 0.15) is 38.3 Å². The predicted octanol–water partition coefficient (Wildman–Crippen LogP) is 5.25. The minimum absolute atomic E-state index is 0.0497. The number of hydrogen-bond acceptors (Lipinski definition) is 8. The first kappa shape index (κ1) is 27.2. The average Bonchev–Trinajstić information content (AvgIpc) is 2.86. The number of benzene rings is 2. The number of ether oxygens (including phenoxy) is 1. The van der Waals surface area contributed by atoms with Crippen molar-refractivity contribution < 1.29 is 27.6 Å². The number of alkyl halides is 3. The first-order valence-corrected chi connectivity index (χ1v) is 11.4. The lowest BCUT2D eigenvalue weighted by Crippen LogP contribution is -2.17. The quantitative estimate of drug-likeness (QED) is 0.182. The molecule has 1 heterocycles. The molecule has 1 N–H and O–H groups in total. The number of carbonyl (C=O) groups is 1. The Bertz CT molecular complexity index is 1400. The fourth-order valence-corrected chi connectivity index (χ4v) is 4.16. The maximum atomic E-state index is 13.2. The molecule has 0 aliphatic carbocycles. The molecule has 0 saturated heterocycles. The van der Waals surface area contributed by atoms with Crippen molar-refractivity contribution in [3.05, 3.63) is 92.2 Å². The number of thioether (sulfide) groups is 1. The van der Waals surface area contributed by atoms with Gasteiger partial charge in [-0.05, 0) is 54.4 Å². The van der Waals surface area contributed by atoms with E-state index in [1.807, 2.05) is 6.07 Å². The van der Waals surface area contributed by atoms with Crippen molar-refractivity contribution in [2.45, 2.75) is 23.9 Å². The number of nitriles is 1. The van der Waals surface area contributed by atoms with Gasteiger partial charge < -0.3 is 4.74 Å². The van der Waals surface area contributed by atoms with E-state index in [-0.39, 0.29) is 33.2 Å². The molecule has 0 fully saturated rings. The van der Waals surface area contributed by atoms with Crippen molar-refractivity contribution >= 4 is 29.6 Å². The molecule has 190 valence electrons. The molecular weight excluding hydrogens is 511 g/mol. The van der Waals surface area contributed by atoms with E-state index in [0.29, 0.717) is 16.9 Å². The van der Waals surface area contributed by atoms with Gasteiger partial charge in [-0.3, -0.25) is 14.9 Å². The Balaban J connectivity index is 1.76. The normalized spacial score (nSPS) is 11.2. The van der Waals surface area contributed by atoms with Gasteiger partial charge in [0, 0.05) is 29.0 Å². The van der Waals surface area contributed by atoms with Gasteiger partial charge in [-0.25, -0.2) is 10.4 Å². The fraction of sp³-hybridized carbons (Fsp3) is 0.167. The van der Waals surface area contributed by atoms with E-state index in [1.54, 1.807) is 18.2 Å². The van der Waals surface area contributed by atoms with Crippen LogP contribution in [0, 0.1) is 28.4 Å². The summed E-state index contributed by atoms with van der Waals surface area (Å²) in [7, 11) is 1.44. The van der Waals surface area contributed by atoms with Gasteiger partial charge >= 0.3 is 6.18 Å². The summed E-state index contributed by atoms with van der Waals surface area (Å²) in [5.74, 6) is 0.0230. The highest BCUT2D eigenvalue weighted by Gasteiger charge is 2.34. The molecule has 0 spiro atoms. The third-order valence-electron chi connectivity index (χ3n) is 4.97. The number of carbonyl (C=O) groups excluding carboxylic acids is 1. The molecule has 1 aromatic heterocycles. The molecule has 13 heteroatoms. The van der Waals surface area contributed by atoms with Crippen molar-refractivity contribution in [1.29, 1.82) is 5.26 Å².